The number of fused-ring (bicyclic) bond motifs is 3. The number of carbonyl (C=O) groups is 2. The van der Waals surface area contributed by atoms with E-state index in [-0.39, 0.29) is 25.2 Å². The molecule has 0 aliphatic rings. The first-order chi connectivity index (χ1) is 14.5. The van der Waals surface area contributed by atoms with E-state index in [0.717, 1.165) is 21.7 Å². The van der Waals surface area contributed by atoms with Gasteiger partial charge < -0.3 is 9.15 Å². The maximum Gasteiger partial charge on any atom is 0.336 e. The summed E-state index contributed by atoms with van der Waals surface area (Å²) in [5, 5.41) is 2.66. The molecule has 5 heteroatoms. The Morgan fingerprint density at radius 1 is 0.933 bits per heavy atom. The second-order valence-electron chi connectivity index (χ2n) is 7.20. The SMILES string of the molecule is Cc1ccc(C(=O)CCC(=O)OCc2cc(=O)oc3ccc4ccccc4c23)cc1. The van der Waals surface area contributed by atoms with E-state index in [9.17, 15) is 14.4 Å². The number of rotatable bonds is 6. The highest BCUT2D eigenvalue weighted by molar-refractivity contribution is 6.07. The molecule has 4 aromatic rings. The molecule has 0 aliphatic carbocycles. The van der Waals surface area contributed by atoms with Crippen LogP contribution in [0.4, 0.5) is 0 Å². The van der Waals surface area contributed by atoms with Gasteiger partial charge in [-0.2, -0.15) is 0 Å². The fraction of sp³-hybridized carbons (Fsp3) is 0.160. The summed E-state index contributed by atoms with van der Waals surface area (Å²) in [4.78, 5) is 36.4. The molecule has 0 saturated heterocycles. The monoisotopic (exact) mass is 400 g/mol. The largest absolute Gasteiger partial charge is 0.461 e. The van der Waals surface area contributed by atoms with E-state index >= 15 is 0 Å². The number of hydrogen-bond donors (Lipinski definition) is 0. The van der Waals surface area contributed by atoms with Crippen molar-refractivity contribution >= 4 is 33.5 Å². The van der Waals surface area contributed by atoms with Gasteiger partial charge in [0.05, 0.1) is 6.42 Å². The second kappa shape index (κ2) is 8.33. The summed E-state index contributed by atoms with van der Waals surface area (Å²) in [5.41, 5.74) is 2.17. The fourth-order valence-corrected chi connectivity index (χ4v) is 3.46. The van der Waals surface area contributed by atoms with Gasteiger partial charge in [-0.25, -0.2) is 4.79 Å². The van der Waals surface area contributed by atoms with Gasteiger partial charge >= 0.3 is 11.6 Å². The fourth-order valence-electron chi connectivity index (χ4n) is 3.46. The Bertz CT molecular complexity index is 1300. The second-order valence-corrected chi connectivity index (χ2v) is 7.20. The number of Topliss-reactive ketones (excluding diaryl/α,β-unsaturated/α-hetero) is 1. The van der Waals surface area contributed by atoms with Gasteiger partial charge in [0.25, 0.3) is 0 Å². The Kier molecular flexibility index (Phi) is 5.44. The number of carbonyl (C=O) groups excluding carboxylic acids is 2. The van der Waals surface area contributed by atoms with E-state index in [4.69, 9.17) is 9.15 Å². The van der Waals surface area contributed by atoms with E-state index < -0.39 is 11.6 Å². The third-order valence-corrected chi connectivity index (χ3v) is 5.03. The maximum absolute atomic E-state index is 12.2. The molecule has 0 spiro atoms. The molecule has 3 aromatic carbocycles. The highest BCUT2D eigenvalue weighted by atomic mass is 16.5. The van der Waals surface area contributed by atoms with E-state index in [1.807, 2.05) is 49.4 Å². The topological polar surface area (TPSA) is 73.6 Å². The first kappa shape index (κ1) is 19.6. The van der Waals surface area contributed by atoms with Crippen molar-refractivity contribution in [1.82, 2.24) is 0 Å². The Morgan fingerprint density at radius 2 is 1.70 bits per heavy atom. The molecule has 0 atom stereocenters. The molecule has 30 heavy (non-hydrogen) atoms. The van der Waals surface area contributed by atoms with Crippen LogP contribution in [-0.2, 0) is 16.1 Å². The molecule has 0 bridgehead atoms. The zero-order valence-corrected chi connectivity index (χ0v) is 16.5. The van der Waals surface area contributed by atoms with Gasteiger partial charge in [0, 0.05) is 29.0 Å². The number of ether oxygens (including phenoxy) is 1. The maximum atomic E-state index is 12.2. The lowest BCUT2D eigenvalue weighted by molar-refractivity contribution is -0.144. The molecule has 1 heterocycles. The van der Waals surface area contributed by atoms with Gasteiger partial charge in [0.15, 0.2) is 5.78 Å². The van der Waals surface area contributed by atoms with Gasteiger partial charge in [-0.1, -0.05) is 60.2 Å². The summed E-state index contributed by atoms with van der Waals surface area (Å²) in [6.07, 6.45) is 0.0509. The van der Waals surface area contributed by atoms with Gasteiger partial charge in [0.2, 0.25) is 0 Å². The van der Waals surface area contributed by atoms with E-state index in [0.29, 0.717) is 16.7 Å². The highest BCUT2D eigenvalue weighted by Crippen LogP contribution is 2.27. The third-order valence-electron chi connectivity index (χ3n) is 5.03. The quantitative estimate of drug-likeness (QED) is 0.198. The molecule has 0 aliphatic heterocycles. The predicted molar refractivity (Wildman–Crippen MR) is 115 cm³/mol. The first-order valence-corrected chi connectivity index (χ1v) is 9.71. The number of esters is 1. The number of aryl methyl sites for hydroxylation is 1. The summed E-state index contributed by atoms with van der Waals surface area (Å²) in [5.74, 6) is -0.596. The van der Waals surface area contributed by atoms with Crippen molar-refractivity contribution in [2.75, 3.05) is 0 Å². The van der Waals surface area contributed by atoms with Crippen LogP contribution in [0.2, 0.25) is 0 Å². The van der Waals surface area contributed by atoms with Gasteiger partial charge in [0.1, 0.15) is 12.2 Å². The van der Waals surface area contributed by atoms with Crippen LogP contribution in [0, 0.1) is 6.92 Å². The van der Waals surface area contributed by atoms with Crippen LogP contribution in [0.1, 0.15) is 34.3 Å². The number of hydrogen-bond acceptors (Lipinski definition) is 5. The molecule has 0 amide bonds. The summed E-state index contributed by atoms with van der Waals surface area (Å²) in [6, 6.07) is 19.9. The predicted octanol–water partition coefficient (Wildman–Crippen LogP) is 4.96. The molecule has 0 fully saturated rings. The Morgan fingerprint density at radius 3 is 2.50 bits per heavy atom. The molecule has 0 radical (unpaired) electrons. The molecule has 0 saturated carbocycles. The summed E-state index contributed by atoms with van der Waals surface area (Å²) >= 11 is 0. The van der Waals surface area contributed by atoms with Crippen molar-refractivity contribution < 1.29 is 18.7 Å². The van der Waals surface area contributed by atoms with Crippen molar-refractivity contribution in [3.63, 3.8) is 0 Å². The van der Waals surface area contributed by atoms with Crippen LogP contribution in [-0.4, -0.2) is 11.8 Å². The molecule has 0 N–H and O–H groups in total. The minimum Gasteiger partial charge on any atom is -0.461 e. The van der Waals surface area contributed by atoms with Gasteiger partial charge in [-0.05, 0) is 23.8 Å². The summed E-state index contributed by atoms with van der Waals surface area (Å²) in [7, 11) is 0. The van der Waals surface area contributed by atoms with E-state index in [1.54, 1.807) is 18.2 Å². The minimum absolute atomic E-state index is 0.0210. The summed E-state index contributed by atoms with van der Waals surface area (Å²) < 4.78 is 10.7. The first-order valence-electron chi connectivity index (χ1n) is 9.71. The Balaban J connectivity index is 1.48. The van der Waals surface area contributed by atoms with Crippen LogP contribution in [0.5, 0.6) is 0 Å². The van der Waals surface area contributed by atoms with Crippen molar-refractivity contribution in [3.05, 3.63) is 93.8 Å². The van der Waals surface area contributed by atoms with Crippen molar-refractivity contribution in [3.8, 4) is 0 Å². The van der Waals surface area contributed by atoms with E-state index in [1.165, 1.54) is 6.07 Å². The van der Waals surface area contributed by atoms with Crippen LogP contribution in [0.25, 0.3) is 21.7 Å². The lowest BCUT2D eigenvalue weighted by Gasteiger charge is -2.09. The van der Waals surface area contributed by atoms with Crippen molar-refractivity contribution in [2.24, 2.45) is 0 Å². The zero-order valence-electron chi connectivity index (χ0n) is 16.5. The molecule has 150 valence electrons. The van der Waals surface area contributed by atoms with Crippen LogP contribution >= 0.6 is 0 Å². The Hall–Kier alpha value is -3.73. The average molecular weight is 400 g/mol. The Labute approximate surface area is 172 Å². The molecular weight excluding hydrogens is 380 g/mol. The van der Waals surface area contributed by atoms with Crippen LogP contribution in [0.15, 0.2) is 75.9 Å². The van der Waals surface area contributed by atoms with Crippen LogP contribution < -0.4 is 5.63 Å². The molecule has 4 rings (SSSR count). The van der Waals surface area contributed by atoms with Gasteiger partial charge in [-0.3, -0.25) is 9.59 Å². The van der Waals surface area contributed by atoms with Gasteiger partial charge in [-0.15, -0.1) is 0 Å². The van der Waals surface area contributed by atoms with Crippen LogP contribution in [0.3, 0.4) is 0 Å². The van der Waals surface area contributed by atoms with E-state index in [2.05, 4.69) is 0 Å². The molecule has 5 nitrogen and oxygen atoms in total. The normalized spacial score (nSPS) is 11.0. The highest BCUT2D eigenvalue weighted by Gasteiger charge is 2.13. The lowest BCUT2D eigenvalue weighted by Crippen LogP contribution is -2.10. The third kappa shape index (κ3) is 4.15. The molecule has 1 aromatic heterocycles. The van der Waals surface area contributed by atoms with Crippen molar-refractivity contribution in [1.29, 1.82) is 0 Å². The van der Waals surface area contributed by atoms with Crippen molar-refractivity contribution in [2.45, 2.75) is 26.4 Å². The summed E-state index contributed by atoms with van der Waals surface area (Å²) in [6.45, 7) is 1.89. The average Bonchev–Trinajstić information content (AvgIpc) is 2.75. The molecule has 0 unspecified atom stereocenters. The zero-order chi connectivity index (χ0) is 21.1. The standard InChI is InChI=1S/C25H20O5/c1-16-6-8-18(9-7-16)21(26)11-13-23(27)29-15-19-14-24(28)30-22-12-10-17-4-2-3-5-20(17)25(19)22/h2-10,12,14H,11,13,15H2,1H3. The lowest BCUT2D eigenvalue weighted by atomic mass is 10.0. The molecular formula is C25H20O5. The minimum atomic E-state index is -0.502. The smallest absolute Gasteiger partial charge is 0.336 e. The number of ketones is 1. The number of benzene rings is 3.